The van der Waals surface area contributed by atoms with Crippen LogP contribution in [0.5, 0.6) is 0 Å². The fourth-order valence-electron chi connectivity index (χ4n) is 1.41. The zero-order valence-electron chi connectivity index (χ0n) is 9.40. The number of rotatable bonds is 3. The Bertz CT molecular complexity index is 332. The monoisotopic (exact) mass is 229 g/mol. The van der Waals surface area contributed by atoms with Crippen LogP contribution in [-0.2, 0) is 6.42 Å². The van der Waals surface area contributed by atoms with Gasteiger partial charge in [-0.05, 0) is 50.8 Å². The standard InChI is InChI=1S/C12H17ClFN/c1-8-6-9(4-5-12(2,3)15)7-10(13)11(8)14/h6-7H,4-5,15H2,1-3H3. The molecule has 0 aliphatic rings. The number of hydrogen-bond acceptors (Lipinski definition) is 1. The molecule has 1 aromatic rings. The predicted octanol–water partition coefficient (Wildman–Crippen LogP) is 3.46. The highest BCUT2D eigenvalue weighted by Gasteiger charge is 2.12. The Morgan fingerprint density at radius 3 is 2.47 bits per heavy atom. The average molecular weight is 230 g/mol. The van der Waals surface area contributed by atoms with Crippen molar-refractivity contribution in [1.82, 2.24) is 0 Å². The van der Waals surface area contributed by atoms with E-state index in [4.69, 9.17) is 17.3 Å². The van der Waals surface area contributed by atoms with Gasteiger partial charge in [0.25, 0.3) is 0 Å². The lowest BCUT2D eigenvalue weighted by molar-refractivity contribution is 0.476. The summed E-state index contributed by atoms with van der Waals surface area (Å²) < 4.78 is 13.2. The molecular weight excluding hydrogens is 213 g/mol. The summed E-state index contributed by atoms with van der Waals surface area (Å²) in [5.41, 5.74) is 7.31. The van der Waals surface area contributed by atoms with Gasteiger partial charge < -0.3 is 5.73 Å². The van der Waals surface area contributed by atoms with E-state index < -0.39 is 0 Å². The van der Waals surface area contributed by atoms with Gasteiger partial charge in [0.2, 0.25) is 0 Å². The molecule has 15 heavy (non-hydrogen) atoms. The van der Waals surface area contributed by atoms with E-state index in [0.29, 0.717) is 5.56 Å². The average Bonchev–Trinajstić information content (AvgIpc) is 2.09. The third-order valence-corrected chi connectivity index (χ3v) is 2.60. The van der Waals surface area contributed by atoms with Gasteiger partial charge in [-0.1, -0.05) is 17.7 Å². The molecule has 84 valence electrons. The van der Waals surface area contributed by atoms with E-state index in [1.165, 1.54) is 0 Å². The molecule has 0 fully saturated rings. The van der Waals surface area contributed by atoms with Crippen LogP contribution in [0.4, 0.5) is 4.39 Å². The molecular formula is C12H17ClFN. The first-order valence-electron chi connectivity index (χ1n) is 5.03. The minimum absolute atomic E-state index is 0.194. The number of aryl methyl sites for hydroxylation is 2. The van der Waals surface area contributed by atoms with Crippen molar-refractivity contribution in [2.24, 2.45) is 5.73 Å². The van der Waals surface area contributed by atoms with E-state index in [1.807, 2.05) is 19.9 Å². The minimum atomic E-state index is -0.326. The van der Waals surface area contributed by atoms with Crippen molar-refractivity contribution >= 4 is 11.6 Å². The normalized spacial score (nSPS) is 11.9. The van der Waals surface area contributed by atoms with Crippen LogP contribution < -0.4 is 5.73 Å². The highest BCUT2D eigenvalue weighted by molar-refractivity contribution is 6.30. The highest BCUT2D eigenvalue weighted by atomic mass is 35.5. The van der Waals surface area contributed by atoms with E-state index in [2.05, 4.69) is 0 Å². The van der Waals surface area contributed by atoms with Gasteiger partial charge in [-0.2, -0.15) is 0 Å². The number of nitrogens with two attached hydrogens (primary N) is 1. The van der Waals surface area contributed by atoms with Crippen LogP contribution >= 0.6 is 11.6 Å². The molecule has 0 saturated carbocycles. The van der Waals surface area contributed by atoms with Crippen LogP contribution in [0.2, 0.25) is 5.02 Å². The quantitative estimate of drug-likeness (QED) is 0.844. The zero-order chi connectivity index (χ0) is 11.6. The van der Waals surface area contributed by atoms with Crippen LogP contribution in [0.1, 0.15) is 31.4 Å². The van der Waals surface area contributed by atoms with Crippen molar-refractivity contribution in [3.63, 3.8) is 0 Å². The minimum Gasteiger partial charge on any atom is -0.326 e. The Hall–Kier alpha value is -0.600. The molecule has 0 atom stereocenters. The van der Waals surface area contributed by atoms with Crippen molar-refractivity contribution in [2.75, 3.05) is 0 Å². The fraction of sp³-hybridized carbons (Fsp3) is 0.500. The number of benzene rings is 1. The molecule has 1 aromatic carbocycles. The maximum atomic E-state index is 13.2. The van der Waals surface area contributed by atoms with Gasteiger partial charge in [-0.3, -0.25) is 0 Å². The fourth-order valence-corrected chi connectivity index (χ4v) is 1.70. The molecule has 0 radical (unpaired) electrons. The first kappa shape index (κ1) is 12.5. The summed E-state index contributed by atoms with van der Waals surface area (Å²) >= 11 is 5.76. The van der Waals surface area contributed by atoms with Gasteiger partial charge in [-0.25, -0.2) is 4.39 Å². The van der Waals surface area contributed by atoms with Crippen LogP contribution in [-0.4, -0.2) is 5.54 Å². The third kappa shape index (κ3) is 3.80. The molecule has 0 aliphatic heterocycles. The van der Waals surface area contributed by atoms with Crippen molar-refractivity contribution < 1.29 is 4.39 Å². The summed E-state index contributed by atoms with van der Waals surface area (Å²) in [5.74, 6) is -0.326. The maximum Gasteiger partial charge on any atom is 0.144 e. The molecule has 3 heteroatoms. The summed E-state index contributed by atoms with van der Waals surface area (Å²) in [4.78, 5) is 0. The van der Waals surface area contributed by atoms with E-state index >= 15 is 0 Å². The van der Waals surface area contributed by atoms with Crippen molar-refractivity contribution in [2.45, 2.75) is 39.2 Å². The van der Waals surface area contributed by atoms with Gasteiger partial charge >= 0.3 is 0 Å². The molecule has 1 rings (SSSR count). The molecule has 0 spiro atoms. The molecule has 0 saturated heterocycles. The number of hydrogen-bond donors (Lipinski definition) is 1. The first-order chi connectivity index (χ1) is 6.79. The van der Waals surface area contributed by atoms with Crippen LogP contribution in [0, 0.1) is 12.7 Å². The number of halogens is 2. The second kappa shape index (κ2) is 4.50. The molecule has 2 N–H and O–H groups in total. The molecule has 0 heterocycles. The van der Waals surface area contributed by atoms with Gasteiger partial charge in [0.15, 0.2) is 0 Å². The summed E-state index contributed by atoms with van der Waals surface area (Å²) in [6, 6.07) is 3.50. The Balaban J connectivity index is 2.80. The van der Waals surface area contributed by atoms with Crippen molar-refractivity contribution in [1.29, 1.82) is 0 Å². The molecule has 0 aliphatic carbocycles. The van der Waals surface area contributed by atoms with Crippen LogP contribution in [0.25, 0.3) is 0 Å². The lowest BCUT2D eigenvalue weighted by Crippen LogP contribution is -2.32. The molecule has 0 unspecified atom stereocenters. The van der Waals surface area contributed by atoms with Crippen LogP contribution in [0.3, 0.4) is 0 Å². The molecule has 0 aromatic heterocycles. The van der Waals surface area contributed by atoms with E-state index in [9.17, 15) is 4.39 Å². The topological polar surface area (TPSA) is 26.0 Å². The summed E-state index contributed by atoms with van der Waals surface area (Å²) in [6.45, 7) is 5.67. The predicted molar refractivity (Wildman–Crippen MR) is 62.7 cm³/mol. The highest BCUT2D eigenvalue weighted by Crippen LogP contribution is 2.22. The SMILES string of the molecule is Cc1cc(CCC(C)(C)N)cc(Cl)c1F. The lowest BCUT2D eigenvalue weighted by Gasteiger charge is -2.18. The molecule has 0 bridgehead atoms. The second-order valence-electron chi connectivity index (χ2n) is 4.70. The van der Waals surface area contributed by atoms with Gasteiger partial charge in [0, 0.05) is 5.54 Å². The van der Waals surface area contributed by atoms with E-state index in [-0.39, 0.29) is 16.4 Å². The lowest BCUT2D eigenvalue weighted by atomic mass is 9.96. The third-order valence-electron chi connectivity index (χ3n) is 2.33. The Kier molecular flexibility index (Phi) is 3.74. The maximum absolute atomic E-state index is 13.2. The molecule has 0 amide bonds. The van der Waals surface area contributed by atoms with Crippen LogP contribution in [0.15, 0.2) is 12.1 Å². The van der Waals surface area contributed by atoms with E-state index in [1.54, 1.807) is 13.0 Å². The summed E-state index contributed by atoms with van der Waals surface area (Å²) in [7, 11) is 0. The Labute approximate surface area is 95.4 Å². The van der Waals surface area contributed by atoms with Crippen molar-refractivity contribution in [3.8, 4) is 0 Å². The largest absolute Gasteiger partial charge is 0.326 e. The zero-order valence-corrected chi connectivity index (χ0v) is 10.2. The Morgan fingerprint density at radius 2 is 2.00 bits per heavy atom. The second-order valence-corrected chi connectivity index (χ2v) is 5.10. The first-order valence-corrected chi connectivity index (χ1v) is 5.41. The summed E-state index contributed by atoms with van der Waals surface area (Å²) in [6.07, 6.45) is 1.68. The molecule has 1 nitrogen and oxygen atoms in total. The smallest absolute Gasteiger partial charge is 0.144 e. The summed E-state index contributed by atoms with van der Waals surface area (Å²) in [5, 5.41) is 0.194. The van der Waals surface area contributed by atoms with Gasteiger partial charge in [0.1, 0.15) is 5.82 Å². The van der Waals surface area contributed by atoms with Crippen molar-refractivity contribution in [3.05, 3.63) is 34.1 Å². The Morgan fingerprint density at radius 1 is 1.40 bits per heavy atom. The van der Waals surface area contributed by atoms with Gasteiger partial charge in [-0.15, -0.1) is 0 Å². The van der Waals surface area contributed by atoms with E-state index in [0.717, 1.165) is 18.4 Å². The van der Waals surface area contributed by atoms with Gasteiger partial charge in [0.05, 0.1) is 5.02 Å².